The van der Waals surface area contributed by atoms with Gasteiger partial charge in [-0.15, -0.1) is 11.3 Å². The number of thiophene rings is 1. The number of hydrogen-bond acceptors (Lipinski definition) is 4. The molecule has 2 rings (SSSR count). The zero-order valence-electron chi connectivity index (χ0n) is 15.6. The number of carbonyl (C=O) groups excluding carboxylic acids is 1. The Labute approximate surface area is 155 Å². The molecule has 0 saturated heterocycles. The van der Waals surface area contributed by atoms with Crippen LogP contribution in [-0.2, 0) is 21.2 Å². The second-order valence-electron chi connectivity index (χ2n) is 7.91. The Bertz CT molecular complexity index is 681. The maximum Gasteiger partial charge on any atom is 0.223 e. The van der Waals surface area contributed by atoms with E-state index in [2.05, 4.69) is 28.4 Å². The standard InChI is InChI=1S/C18H30N2O3S2/c1-13-11-16(24-12-13)9-10-19-17(21)14-5-7-15(8-6-14)20-25(22,23)18(2,3)4/h11-12,14-15,20H,5-10H2,1-4H3,(H,19,21). The summed E-state index contributed by atoms with van der Waals surface area (Å²) in [5.74, 6) is 0.103. The van der Waals surface area contributed by atoms with Crippen molar-refractivity contribution in [1.82, 2.24) is 10.0 Å². The first kappa shape index (κ1) is 20.4. The number of rotatable bonds is 6. The lowest BCUT2D eigenvalue weighted by Gasteiger charge is -2.30. The van der Waals surface area contributed by atoms with Crippen molar-refractivity contribution in [3.05, 3.63) is 21.9 Å². The molecule has 1 amide bonds. The molecule has 0 aromatic carbocycles. The summed E-state index contributed by atoms with van der Waals surface area (Å²) in [4.78, 5) is 13.6. The van der Waals surface area contributed by atoms with Crippen molar-refractivity contribution in [2.45, 2.75) is 70.6 Å². The van der Waals surface area contributed by atoms with Crippen molar-refractivity contribution in [1.29, 1.82) is 0 Å². The molecule has 0 atom stereocenters. The monoisotopic (exact) mass is 386 g/mol. The largest absolute Gasteiger partial charge is 0.356 e. The highest BCUT2D eigenvalue weighted by molar-refractivity contribution is 7.90. The third-order valence-corrected chi connectivity index (χ3v) is 8.05. The van der Waals surface area contributed by atoms with Crippen molar-refractivity contribution in [2.24, 2.45) is 5.92 Å². The van der Waals surface area contributed by atoms with Crippen LogP contribution in [0, 0.1) is 12.8 Å². The van der Waals surface area contributed by atoms with Gasteiger partial charge in [0.05, 0.1) is 4.75 Å². The lowest BCUT2D eigenvalue weighted by molar-refractivity contribution is -0.125. The maximum atomic E-state index is 12.3. The Morgan fingerprint density at radius 2 is 1.88 bits per heavy atom. The molecule has 7 heteroatoms. The van der Waals surface area contributed by atoms with Crippen LogP contribution in [0.3, 0.4) is 0 Å². The first-order valence-corrected chi connectivity index (χ1v) is 11.3. The minimum atomic E-state index is -3.33. The molecular weight excluding hydrogens is 356 g/mol. The van der Waals surface area contributed by atoms with Crippen LogP contribution in [0.4, 0.5) is 0 Å². The topological polar surface area (TPSA) is 75.3 Å². The fourth-order valence-corrected chi connectivity index (χ4v) is 4.85. The minimum Gasteiger partial charge on any atom is -0.356 e. The van der Waals surface area contributed by atoms with Gasteiger partial charge in [0.25, 0.3) is 0 Å². The smallest absolute Gasteiger partial charge is 0.223 e. The highest BCUT2D eigenvalue weighted by atomic mass is 32.2. The van der Waals surface area contributed by atoms with Gasteiger partial charge in [0, 0.05) is 23.4 Å². The van der Waals surface area contributed by atoms with Crippen molar-refractivity contribution in [3.63, 3.8) is 0 Å². The van der Waals surface area contributed by atoms with E-state index < -0.39 is 14.8 Å². The van der Waals surface area contributed by atoms with Crippen molar-refractivity contribution in [2.75, 3.05) is 6.54 Å². The fourth-order valence-electron chi connectivity index (χ4n) is 2.94. The van der Waals surface area contributed by atoms with Crippen LogP contribution in [0.15, 0.2) is 11.4 Å². The van der Waals surface area contributed by atoms with E-state index in [9.17, 15) is 13.2 Å². The molecule has 2 N–H and O–H groups in total. The molecule has 0 aliphatic heterocycles. The van der Waals surface area contributed by atoms with E-state index in [0.29, 0.717) is 6.54 Å². The lowest BCUT2D eigenvalue weighted by Crippen LogP contribution is -2.46. The van der Waals surface area contributed by atoms with Crippen molar-refractivity contribution >= 4 is 27.3 Å². The fraction of sp³-hybridized carbons (Fsp3) is 0.722. The van der Waals surface area contributed by atoms with E-state index in [-0.39, 0.29) is 17.9 Å². The molecule has 5 nitrogen and oxygen atoms in total. The third-order valence-electron chi connectivity index (χ3n) is 4.68. The molecule has 0 spiro atoms. The van der Waals surface area contributed by atoms with Gasteiger partial charge in [-0.05, 0) is 76.8 Å². The number of amides is 1. The molecule has 1 aromatic heterocycles. The molecule has 1 fully saturated rings. The first-order chi connectivity index (χ1) is 11.6. The molecule has 0 bridgehead atoms. The molecule has 1 aromatic rings. The number of nitrogens with one attached hydrogen (secondary N) is 2. The quantitative estimate of drug-likeness (QED) is 0.789. The Morgan fingerprint density at radius 1 is 1.24 bits per heavy atom. The van der Waals surface area contributed by atoms with E-state index in [0.717, 1.165) is 32.1 Å². The van der Waals surface area contributed by atoms with Crippen LogP contribution in [-0.4, -0.2) is 31.7 Å². The number of sulfonamides is 1. The van der Waals surface area contributed by atoms with Gasteiger partial charge in [-0.25, -0.2) is 13.1 Å². The Kier molecular flexibility index (Phi) is 6.68. The van der Waals surface area contributed by atoms with E-state index in [1.54, 1.807) is 32.1 Å². The zero-order chi connectivity index (χ0) is 18.7. The second kappa shape index (κ2) is 8.18. The van der Waals surface area contributed by atoms with Gasteiger partial charge in [0.2, 0.25) is 15.9 Å². The van der Waals surface area contributed by atoms with Crippen molar-refractivity contribution < 1.29 is 13.2 Å². The molecule has 1 heterocycles. The summed E-state index contributed by atoms with van der Waals surface area (Å²) in [6.07, 6.45) is 3.78. The SMILES string of the molecule is Cc1csc(CCNC(=O)C2CCC(NS(=O)(=O)C(C)(C)C)CC2)c1. The second-order valence-corrected chi connectivity index (χ2v) is 11.4. The summed E-state index contributed by atoms with van der Waals surface area (Å²) >= 11 is 1.73. The molecule has 25 heavy (non-hydrogen) atoms. The lowest BCUT2D eigenvalue weighted by atomic mass is 9.86. The molecule has 1 aliphatic carbocycles. The van der Waals surface area contributed by atoms with E-state index in [1.165, 1.54) is 10.4 Å². The summed E-state index contributed by atoms with van der Waals surface area (Å²) < 4.78 is 26.4. The average molecular weight is 387 g/mol. The van der Waals surface area contributed by atoms with E-state index in [4.69, 9.17) is 0 Å². The normalized spacial score (nSPS) is 21.9. The van der Waals surface area contributed by atoms with Gasteiger partial charge >= 0.3 is 0 Å². The summed E-state index contributed by atoms with van der Waals surface area (Å²) in [6.45, 7) is 7.83. The van der Waals surface area contributed by atoms with Crippen LogP contribution >= 0.6 is 11.3 Å². The Hall–Kier alpha value is -0.920. The minimum absolute atomic E-state index is 0.000428. The van der Waals surface area contributed by atoms with Crippen molar-refractivity contribution in [3.8, 4) is 0 Å². The first-order valence-electron chi connectivity index (χ1n) is 8.92. The zero-order valence-corrected chi connectivity index (χ0v) is 17.2. The summed E-state index contributed by atoms with van der Waals surface area (Å²) in [6, 6.07) is 2.10. The molecule has 1 saturated carbocycles. The Morgan fingerprint density at radius 3 is 2.40 bits per heavy atom. The van der Waals surface area contributed by atoms with Gasteiger partial charge in [-0.3, -0.25) is 4.79 Å². The van der Waals surface area contributed by atoms with Gasteiger partial charge in [-0.2, -0.15) is 0 Å². The number of aryl methyl sites for hydroxylation is 1. The number of hydrogen-bond donors (Lipinski definition) is 2. The van der Waals surface area contributed by atoms with Crippen LogP contribution in [0.25, 0.3) is 0 Å². The highest BCUT2D eigenvalue weighted by Crippen LogP contribution is 2.26. The van der Waals surface area contributed by atoms with Crippen LogP contribution in [0.1, 0.15) is 56.9 Å². The van der Waals surface area contributed by atoms with Gasteiger partial charge in [0.15, 0.2) is 0 Å². The van der Waals surface area contributed by atoms with Crippen LogP contribution in [0.5, 0.6) is 0 Å². The van der Waals surface area contributed by atoms with E-state index >= 15 is 0 Å². The summed E-state index contributed by atoms with van der Waals surface area (Å²) in [5.41, 5.74) is 1.27. The molecule has 0 radical (unpaired) electrons. The molecule has 1 aliphatic rings. The molecule has 142 valence electrons. The van der Waals surface area contributed by atoms with Gasteiger partial charge in [-0.1, -0.05) is 0 Å². The Balaban J connectivity index is 1.73. The van der Waals surface area contributed by atoms with Crippen LogP contribution in [0.2, 0.25) is 0 Å². The average Bonchev–Trinajstić information content (AvgIpc) is 2.92. The van der Waals surface area contributed by atoms with Gasteiger partial charge < -0.3 is 5.32 Å². The van der Waals surface area contributed by atoms with Gasteiger partial charge in [0.1, 0.15) is 0 Å². The van der Waals surface area contributed by atoms with Crippen LogP contribution < -0.4 is 10.0 Å². The summed E-state index contributed by atoms with van der Waals surface area (Å²) in [5, 5.41) is 5.15. The maximum absolute atomic E-state index is 12.3. The van der Waals surface area contributed by atoms with E-state index in [1.807, 2.05) is 0 Å². The predicted molar refractivity (Wildman–Crippen MR) is 103 cm³/mol. The highest BCUT2D eigenvalue weighted by Gasteiger charge is 2.33. The molecular formula is C18H30N2O3S2. The third kappa shape index (κ3) is 5.79. The predicted octanol–water partition coefficient (Wildman–Crippen LogP) is 2.99. The molecule has 0 unspecified atom stereocenters. The summed E-state index contributed by atoms with van der Waals surface area (Å²) in [7, 11) is -3.33. The number of carbonyl (C=O) groups is 1.